The predicted octanol–water partition coefficient (Wildman–Crippen LogP) is 4.33. The molecule has 21 heavy (non-hydrogen) atoms. The van der Waals surface area contributed by atoms with E-state index >= 15 is 0 Å². The zero-order valence-electron chi connectivity index (χ0n) is 13.2. The van der Waals surface area contributed by atoms with Crippen molar-refractivity contribution in [3.8, 4) is 0 Å². The molecule has 3 heteroatoms. The summed E-state index contributed by atoms with van der Waals surface area (Å²) in [5, 5.41) is 0. The van der Waals surface area contributed by atoms with Crippen LogP contribution in [0.4, 0.5) is 0 Å². The Morgan fingerprint density at radius 3 is 1.76 bits per heavy atom. The number of hydrogen-bond donors (Lipinski definition) is 0. The highest BCUT2D eigenvalue weighted by Crippen LogP contribution is 2.43. The molecule has 0 aromatic carbocycles. The second-order valence-electron chi connectivity index (χ2n) is 7.58. The van der Waals surface area contributed by atoms with Gasteiger partial charge in [0.2, 0.25) is 0 Å². The van der Waals surface area contributed by atoms with Crippen LogP contribution in [0.2, 0.25) is 0 Å². The minimum atomic E-state index is -0.416. The smallest absolute Gasteiger partial charge is 0.195 e. The lowest BCUT2D eigenvalue weighted by Crippen LogP contribution is -2.55. The summed E-state index contributed by atoms with van der Waals surface area (Å²) in [6.45, 7) is 0. The molecule has 120 valence electrons. The molecule has 3 nitrogen and oxygen atoms in total. The Morgan fingerprint density at radius 2 is 1.19 bits per heavy atom. The van der Waals surface area contributed by atoms with Gasteiger partial charge < -0.3 is 14.2 Å². The first-order valence-electron chi connectivity index (χ1n) is 9.35. The molecule has 2 unspecified atom stereocenters. The minimum absolute atomic E-state index is 0.181. The fourth-order valence-electron chi connectivity index (χ4n) is 4.05. The Labute approximate surface area is 128 Å². The van der Waals surface area contributed by atoms with Crippen LogP contribution in [0.15, 0.2) is 0 Å². The maximum Gasteiger partial charge on any atom is 0.195 e. The summed E-state index contributed by atoms with van der Waals surface area (Å²) in [7, 11) is 0. The summed E-state index contributed by atoms with van der Waals surface area (Å²) >= 11 is 0. The average Bonchev–Trinajstić information content (AvgIpc) is 3.12. The summed E-state index contributed by atoms with van der Waals surface area (Å²) in [6, 6.07) is 0. The van der Waals surface area contributed by atoms with Crippen molar-refractivity contribution in [2.75, 3.05) is 0 Å². The molecule has 4 rings (SSSR count). The van der Waals surface area contributed by atoms with E-state index in [1.54, 1.807) is 0 Å². The summed E-state index contributed by atoms with van der Waals surface area (Å²) in [6.07, 6.45) is 17.4. The Morgan fingerprint density at radius 1 is 0.571 bits per heavy atom. The van der Waals surface area contributed by atoms with Gasteiger partial charge in [0.15, 0.2) is 5.79 Å². The third kappa shape index (κ3) is 3.30. The highest BCUT2D eigenvalue weighted by atomic mass is 16.7. The first-order chi connectivity index (χ1) is 10.3. The molecule has 4 fully saturated rings. The van der Waals surface area contributed by atoms with Gasteiger partial charge in [-0.3, -0.25) is 0 Å². The van der Waals surface area contributed by atoms with Gasteiger partial charge in [-0.25, -0.2) is 0 Å². The third-order valence-electron chi connectivity index (χ3n) is 5.70. The summed E-state index contributed by atoms with van der Waals surface area (Å²) in [4.78, 5) is 0. The molecule has 4 saturated carbocycles. The van der Waals surface area contributed by atoms with Crippen molar-refractivity contribution < 1.29 is 14.2 Å². The van der Waals surface area contributed by atoms with E-state index in [0.717, 1.165) is 12.8 Å². The quantitative estimate of drug-likeness (QED) is 0.682. The first kappa shape index (κ1) is 14.5. The molecule has 2 atom stereocenters. The number of hydrogen-bond acceptors (Lipinski definition) is 3. The zero-order valence-corrected chi connectivity index (χ0v) is 13.2. The van der Waals surface area contributed by atoms with Gasteiger partial charge in [-0.2, -0.15) is 0 Å². The van der Waals surface area contributed by atoms with Crippen molar-refractivity contribution in [2.24, 2.45) is 0 Å². The van der Waals surface area contributed by atoms with Crippen LogP contribution < -0.4 is 0 Å². The lowest BCUT2D eigenvalue weighted by molar-refractivity contribution is -0.342. The van der Waals surface area contributed by atoms with Crippen LogP contribution in [0.1, 0.15) is 83.5 Å². The predicted molar refractivity (Wildman–Crippen MR) is 81.2 cm³/mol. The molecule has 0 aromatic rings. The molecule has 0 N–H and O–H groups in total. The Bertz CT molecular complexity index is 344. The standard InChI is InChI=1S/C18H30O3/c1-2-7-15(6-1)20-18(21-16-8-5-9-16)13-4-3-10-17(18)19-14-11-12-14/h14-17H,1-13H2. The second kappa shape index (κ2) is 6.17. The number of rotatable bonds is 6. The molecular formula is C18H30O3. The van der Waals surface area contributed by atoms with Gasteiger partial charge in [-0.05, 0) is 57.8 Å². The average molecular weight is 294 g/mol. The highest BCUT2D eigenvalue weighted by molar-refractivity contribution is 4.92. The van der Waals surface area contributed by atoms with Crippen molar-refractivity contribution in [2.45, 2.75) is 114 Å². The minimum Gasteiger partial charge on any atom is -0.369 e. The van der Waals surface area contributed by atoms with Gasteiger partial charge in [-0.1, -0.05) is 19.3 Å². The topological polar surface area (TPSA) is 27.7 Å². The lowest BCUT2D eigenvalue weighted by Gasteiger charge is -2.47. The fraction of sp³-hybridized carbons (Fsp3) is 1.00. The highest BCUT2D eigenvalue weighted by Gasteiger charge is 2.49. The maximum atomic E-state index is 6.64. The van der Waals surface area contributed by atoms with Crippen molar-refractivity contribution >= 4 is 0 Å². The molecule has 0 spiro atoms. The third-order valence-corrected chi connectivity index (χ3v) is 5.70. The maximum absolute atomic E-state index is 6.64. The molecule has 0 saturated heterocycles. The van der Waals surface area contributed by atoms with E-state index in [1.165, 1.54) is 70.6 Å². The Balaban J connectivity index is 1.49. The molecule has 0 amide bonds. The van der Waals surface area contributed by atoms with Gasteiger partial charge in [0.05, 0.1) is 18.3 Å². The fourth-order valence-corrected chi connectivity index (χ4v) is 4.05. The molecule has 4 aliphatic rings. The zero-order chi connectivity index (χ0) is 14.1. The number of ether oxygens (including phenoxy) is 3. The largest absolute Gasteiger partial charge is 0.369 e. The van der Waals surface area contributed by atoms with E-state index < -0.39 is 5.79 Å². The molecular weight excluding hydrogens is 264 g/mol. The van der Waals surface area contributed by atoms with Crippen LogP contribution in [0.25, 0.3) is 0 Å². The Hall–Kier alpha value is -0.120. The van der Waals surface area contributed by atoms with E-state index in [4.69, 9.17) is 14.2 Å². The molecule has 4 aliphatic carbocycles. The second-order valence-corrected chi connectivity index (χ2v) is 7.58. The van der Waals surface area contributed by atoms with Crippen LogP contribution >= 0.6 is 0 Å². The van der Waals surface area contributed by atoms with Crippen LogP contribution in [0.3, 0.4) is 0 Å². The van der Waals surface area contributed by atoms with Crippen molar-refractivity contribution in [1.82, 2.24) is 0 Å². The van der Waals surface area contributed by atoms with Crippen LogP contribution in [-0.2, 0) is 14.2 Å². The van der Waals surface area contributed by atoms with E-state index in [0.29, 0.717) is 18.3 Å². The van der Waals surface area contributed by atoms with Crippen LogP contribution in [-0.4, -0.2) is 30.2 Å². The monoisotopic (exact) mass is 294 g/mol. The lowest BCUT2D eigenvalue weighted by atomic mass is 9.88. The van der Waals surface area contributed by atoms with Crippen molar-refractivity contribution in [3.05, 3.63) is 0 Å². The van der Waals surface area contributed by atoms with Gasteiger partial charge in [0.1, 0.15) is 6.10 Å². The molecule has 0 bridgehead atoms. The van der Waals surface area contributed by atoms with E-state index in [-0.39, 0.29) is 6.10 Å². The summed E-state index contributed by atoms with van der Waals surface area (Å²) in [5.41, 5.74) is 0. The van der Waals surface area contributed by atoms with E-state index in [1.807, 2.05) is 0 Å². The van der Waals surface area contributed by atoms with Gasteiger partial charge >= 0.3 is 0 Å². The van der Waals surface area contributed by atoms with Gasteiger partial charge in [-0.15, -0.1) is 0 Å². The molecule has 0 aromatic heterocycles. The SMILES string of the molecule is C1CCC(OC2(OC3CCC3)CCCCC2OC2CC2)C1. The first-order valence-corrected chi connectivity index (χ1v) is 9.35. The van der Waals surface area contributed by atoms with Gasteiger partial charge in [0, 0.05) is 6.42 Å². The van der Waals surface area contributed by atoms with Crippen LogP contribution in [0.5, 0.6) is 0 Å². The Kier molecular flexibility index (Phi) is 4.25. The van der Waals surface area contributed by atoms with E-state index in [9.17, 15) is 0 Å². The van der Waals surface area contributed by atoms with Gasteiger partial charge in [0.25, 0.3) is 0 Å². The summed E-state index contributed by atoms with van der Waals surface area (Å²) < 4.78 is 19.6. The van der Waals surface area contributed by atoms with Crippen molar-refractivity contribution in [1.29, 1.82) is 0 Å². The molecule has 0 heterocycles. The molecule has 0 aliphatic heterocycles. The summed E-state index contributed by atoms with van der Waals surface area (Å²) in [5.74, 6) is -0.416. The van der Waals surface area contributed by atoms with E-state index in [2.05, 4.69) is 0 Å². The molecule has 0 radical (unpaired) electrons. The normalized spacial score (nSPS) is 38.6. The van der Waals surface area contributed by atoms with Crippen LogP contribution in [0, 0.1) is 0 Å². The van der Waals surface area contributed by atoms with Crippen molar-refractivity contribution in [3.63, 3.8) is 0 Å².